The lowest BCUT2D eigenvalue weighted by molar-refractivity contribution is 0.354. The molecule has 0 atom stereocenters. The molecule has 0 radical (unpaired) electrons. The number of hydrogen-bond acceptors (Lipinski definition) is 7. The Morgan fingerprint density at radius 1 is 0.969 bits per heavy atom. The summed E-state index contributed by atoms with van der Waals surface area (Å²) in [6.07, 6.45) is 1.13. The first-order chi connectivity index (χ1) is 15.3. The van der Waals surface area contributed by atoms with Gasteiger partial charge in [-0.2, -0.15) is 0 Å². The number of sulfone groups is 1. The van der Waals surface area contributed by atoms with Crippen LogP contribution in [-0.2, 0) is 9.84 Å². The number of aryl methyl sites for hydroxylation is 2. The van der Waals surface area contributed by atoms with Crippen LogP contribution in [0.5, 0.6) is 11.5 Å². The van der Waals surface area contributed by atoms with Gasteiger partial charge in [-0.25, -0.2) is 13.4 Å². The van der Waals surface area contributed by atoms with Crippen LogP contribution in [0.3, 0.4) is 0 Å². The molecular formula is C24H28N2O4S2. The molecule has 170 valence electrons. The number of ether oxygens (including phenoxy) is 2. The third-order valence-electron chi connectivity index (χ3n) is 6.13. The van der Waals surface area contributed by atoms with Gasteiger partial charge in [0.15, 0.2) is 26.5 Å². The maximum Gasteiger partial charge on any atom is 0.185 e. The first-order valence-electron chi connectivity index (χ1n) is 10.6. The zero-order valence-corrected chi connectivity index (χ0v) is 20.4. The molecule has 1 saturated heterocycles. The first-order valence-corrected chi connectivity index (χ1v) is 13.0. The van der Waals surface area contributed by atoms with Crippen molar-refractivity contribution in [1.82, 2.24) is 4.98 Å². The Morgan fingerprint density at radius 3 is 2.34 bits per heavy atom. The number of anilines is 1. The number of aromatic nitrogens is 1. The summed E-state index contributed by atoms with van der Waals surface area (Å²) in [6, 6.07) is 11.2. The third-order valence-corrected chi connectivity index (χ3v) is 9.29. The van der Waals surface area contributed by atoms with E-state index >= 15 is 0 Å². The van der Waals surface area contributed by atoms with Gasteiger partial charge in [0.05, 0.1) is 30.1 Å². The Labute approximate surface area is 193 Å². The Hall–Kier alpha value is -2.58. The van der Waals surface area contributed by atoms with E-state index in [1.165, 1.54) is 25.3 Å². The lowest BCUT2D eigenvalue weighted by Gasteiger charge is -2.31. The second kappa shape index (κ2) is 9.11. The van der Waals surface area contributed by atoms with Crippen LogP contribution in [0.15, 0.2) is 46.7 Å². The normalized spacial score (nSPS) is 15.1. The molecule has 6 nitrogen and oxygen atoms in total. The molecule has 8 heteroatoms. The minimum absolute atomic E-state index is 0.278. The summed E-state index contributed by atoms with van der Waals surface area (Å²) in [5, 5.41) is 2.60. The van der Waals surface area contributed by atoms with E-state index < -0.39 is 15.1 Å². The van der Waals surface area contributed by atoms with Gasteiger partial charge < -0.3 is 14.4 Å². The second-order valence-electron chi connectivity index (χ2n) is 8.06. The molecular weight excluding hydrogens is 444 g/mol. The number of nitrogens with zero attached hydrogens (tertiary/aromatic N) is 2. The number of piperidine rings is 1. The van der Waals surface area contributed by atoms with Gasteiger partial charge in [0.2, 0.25) is 0 Å². The molecule has 2 heterocycles. The molecule has 2 aromatic carbocycles. The number of rotatable bonds is 6. The van der Waals surface area contributed by atoms with E-state index in [-0.39, 0.29) is 4.90 Å². The van der Waals surface area contributed by atoms with Crippen molar-refractivity contribution in [2.24, 2.45) is 0 Å². The molecule has 1 aliphatic rings. The fraction of sp³-hybridized carbons (Fsp3) is 0.375. The van der Waals surface area contributed by atoms with Crippen molar-refractivity contribution in [3.63, 3.8) is 0 Å². The van der Waals surface area contributed by atoms with Crippen LogP contribution in [0.25, 0.3) is 11.3 Å². The Kier molecular flexibility index (Phi) is 6.44. The van der Waals surface area contributed by atoms with Crippen LogP contribution >= 0.6 is 11.3 Å². The average Bonchev–Trinajstić information content (AvgIpc) is 3.30. The van der Waals surface area contributed by atoms with Gasteiger partial charge in [-0.15, -0.1) is 11.3 Å². The van der Waals surface area contributed by atoms with Crippen molar-refractivity contribution in [3.05, 3.63) is 52.9 Å². The van der Waals surface area contributed by atoms with Gasteiger partial charge in [-0.3, -0.25) is 0 Å². The summed E-state index contributed by atoms with van der Waals surface area (Å²) < 4.78 is 36.9. The van der Waals surface area contributed by atoms with Gasteiger partial charge in [0.1, 0.15) is 0 Å². The molecule has 4 rings (SSSR count). The smallest absolute Gasteiger partial charge is 0.185 e. The molecule has 0 amide bonds. The fourth-order valence-corrected chi connectivity index (χ4v) is 6.62. The van der Waals surface area contributed by atoms with Crippen LogP contribution in [0.2, 0.25) is 0 Å². The number of benzene rings is 2. The monoisotopic (exact) mass is 472 g/mol. The zero-order chi connectivity index (χ0) is 22.9. The molecule has 1 aromatic heterocycles. The van der Waals surface area contributed by atoms with E-state index in [1.54, 1.807) is 29.5 Å². The van der Waals surface area contributed by atoms with Crippen LogP contribution in [0.4, 0.5) is 5.13 Å². The van der Waals surface area contributed by atoms with Crippen molar-refractivity contribution in [2.45, 2.75) is 36.8 Å². The molecule has 0 unspecified atom stereocenters. The highest BCUT2D eigenvalue weighted by Crippen LogP contribution is 2.35. The lowest BCUT2D eigenvalue weighted by Crippen LogP contribution is -2.39. The van der Waals surface area contributed by atoms with Gasteiger partial charge in [-0.1, -0.05) is 12.1 Å². The number of methoxy groups -OCH3 is 2. The molecule has 0 bridgehead atoms. The summed E-state index contributed by atoms with van der Waals surface area (Å²) in [4.78, 5) is 7.29. The van der Waals surface area contributed by atoms with Gasteiger partial charge in [-0.05, 0) is 56.0 Å². The van der Waals surface area contributed by atoms with Crippen molar-refractivity contribution in [1.29, 1.82) is 0 Å². The van der Waals surface area contributed by atoms with E-state index in [0.29, 0.717) is 37.4 Å². The summed E-state index contributed by atoms with van der Waals surface area (Å²) in [7, 11) is -0.411. The molecule has 0 aliphatic carbocycles. The molecule has 32 heavy (non-hydrogen) atoms. The quantitative estimate of drug-likeness (QED) is 0.509. The largest absolute Gasteiger partial charge is 0.493 e. The summed E-state index contributed by atoms with van der Waals surface area (Å²) in [5.41, 5.74) is 4.59. The summed E-state index contributed by atoms with van der Waals surface area (Å²) >= 11 is 1.61. The van der Waals surface area contributed by atoms with Crippen LogP contribution < -0.4 is 14.4 Å². The Morgan fingerprint density at radius 2 is 1.69 bits per heavy atom. The minimum atomic E-state index is -3.45. The van der Waals surface area contributed by atoms with E-state index in [4.69, 9.17) is 14.5 Å². The first kappa shape index (κ1) is 22.6. The van der Waals surface area contributed by atoms with Crippen molar-refractivity contribution >= 4 is 26.3 Å². The van der Waals surface area contributed by atoms with Gasteiger partial charge >= 0.3 is 0 Å². The molecule has 3 aromatic rings. The third kappa shape index (κ3) is 4.34. The fourth-order valence-electron chi connectivity index (χ4n) is 3.99. The Balaban J connectivity index is 1.46. The van der Waals surface area contributed by atoms with E-state index in [9.17, 15) is 8.42 Å². The highest BCUT2D eigenvalue weighted by molar-refractivity contribution is 7.92. The average molecular weight is 473 g/mol. The van der Waals surface area contributed by atoms with Crippen LogP contribution in [-0.4, -0.2) is 46.0 Å². The second-order valence-corrected chi connectivity index (χ2v) is 11.1. The lowest BCUT2D eigenvalue weighted by atomic mass is 10.1. The summed E-state index contributed by atoms with van der Waals surface area (Å²) in [5.74, 6) is 0.942. The van der Waals surface area contributed by atoms with Gasteiger partial charge in [0.25, 0.3) is 0 Å². The number of hydrogen-bond donors (Lipinski definition) is 0. The van der Waals surface area contributed by atoms with Crippen molar-refractivity contribution in [3.8, 4) is 22.8 Å². The Bertz CT molecular complexity index is 1210. The van der Waals surface area contributed by atoms with Crippen LogP contribution in [0.1, 0.15) is 24.0 Å². The van der Waals surface area contributed by atoms with E-state index in [2.05, 4.69) is 42.3 Å². The van der Waals surface area contributed by atoms with Gasteiger partial charge in [0, 0.05) is 30.1 Å². The van der Waals surface area contributed by atoms with Crippen molar-refractivity contribution in [2.75, 3.05) is 32.2 Å². The predicted octanol–water partition coefficient (Wildman–Crippen LogP) is 4.89. The molecule has 1 aliphatic heterocycles. The summed E-state index contributed by atoms with van der Waals surface area (Å²) in [6.45, 7) is 5.54. The molecule has 1 fully saturated rings. The molecule has 0 saturated carbocycles. The molecule has 0 spiro atoms. The maximum atomic E-state index is 13.2. The standard InChI is InChI=1S/C24H28N2O4S2/c1-16-5-6-18(13-17(16)2)21-15-31-24(25-21)26-11-9-19(10-12-26)32(27,28)20-7-8-22(29-3)23(14-20)30-4/h5-8,13-15,19H,9-12H2,1-4H3. The zero-order valence-electron chi connectivity index (χ0n) is 18.8. The number of thiazole rings is 1. The molecule has 0 N–H and O–H groups in total. The maximum absolute atomic E-state index is 13.2. The predicted molar refractivity (Wildman–Crippen MR) is 129 cm³/mol. The highest BCUT2D eigenvalue weighted by Gasteiger charge is 2.32. The van der Waals surface area contributed by atoms with Crippen LogP contribution in [0, 0.1) is 13.8 Å². The highest BCUT2D eigenvalue weighted by atomic mass is 32.2. The van der Waals surface area contributed by atoms with E-state index in [1.807, 2.05) is 0 Å². The van der Waals surface area contributed by atoms with Crippen molar-refractivity contribution < 1.29 is 17.9 Å². The minimum Gasteiger partial charge on any atom is -0.493 e. The topological polar surface area (TPSA) is 68.7 Å². The SMILES string of the molecule is COc1ccc(S(=O)(=O)C2CCN(c3nc(-c4ccc(C)c(C)c4)cs3)CC2)cc1OC. The van der Waals surface area contributed by atoms with E-state index in [0.717, 1.165) is 16.4 Å².